The minimum absolute atomic E-state index is 0.142. The third-order valence-electron chi connectivity index (χ3n) is 2.62. The van der Waals surface area contributed by atoms with Crippen molar-refractivity contribution in [1.82, 2.24) is 9.97 Å². The van der Waals surface area contributed by atoms with E-state index in [1.807, 2.05) is 0 Å². The van der Waals surface area contributed by atoms with Gasteiger partial charge >= 0.3 is 5.69 Å². The Balaban J connectivity index is 2.53. The number of benzene rings is 1. The van der Waals surface area contributed by atoms with Gasteiger partial charge in [-0.3, -0.25) is 15.5 Å². The predicted octanol–water partition coefficient (Wildman–Crippen LogP) is 2.00. The summed E-state index contributed by atoms with van der Waals surface area (Å²) in [5.41, 5.74) is 1.17. The number of nitrogens with zero attached hydrogens (tertiary/aromatic N) is 3. The monoisotopic (exact) mass is 296 g/mol. The zero-order chi connectivity index (χ0) is 15.6. The Hall–Kier alpha value is -2.88. The predicted molar refractivity (Wildman–Crippen MR) is 70.9 cm³/mol. The van der Waals surface area contributed by atoms with Gasteiger partial charge in [0.05, 0.1) is 4.92 Å². The summed E-state index contributed by atoms with van der Waals surface area (Å²) in [7, 11) is 0. The molecule has 0 aliphatic heterocycles. The molecule has 0 fully saturated rings. The maximum absolute atomic E-state index is 13.9. The van der Waals surface area contributed by atoms with Gasteiger partial charge in [-0.1, -0.05) is 6.07 Å². The van der Waals surface area contributed by atoms with Crippen molar-refractivity contribution in [2.24, 2.45) is 5.84 Å². The second-order valence-corrected chi connectivity index (χ2v) is 4.01. The molecule has 0 amide bonds. The summed E-state index contributed by atoms with van der Waals surface area (Å²) in [6.45, 7) is 1.43. The van der Waals surface area contributed by atoms with E-state index in [0.717, 1.165) is 12.3 Å². The van der Waals surface area contributed by atoms with Gasteiger partial charge in [-0.05, 0) is 18.6 Å². The zero-order valence-corrected chi connectivity index (χ0v) is 10.7. The van der Waals surface area contributed by atoms with Crippen LogP contribution >= 0.6 is 0 Å². The molecule has 0 unspecified atom stereocenters. The number of hydrogen-bond donors (Lipinski definition) is 3. The Kier molecular flexibility index (Phi) is 3.89. The largest absolute Gasteiger partial charge is 0.329 e. The van der Waals surface area contributed by atoms with E-state index in [2.05, 4.69) is 20.7 Å². The van der Waals surface area contributed by atoms with E-state index in [4.69, 9.17) is 5.84 Å². The highest BCUT2D eigenvalue weighted by Gasteiger charge is 2.21. The lowest BCUT2D eigenvalue weighted by Crippen LogP contribution is -2.12. The quantitative estimate of drug-likeness (QED) is 0.448. The molecule has 2 aromatic rings. The van der Waals surface area contributed by atoms with Crippen molar-refractivity contribution in [1.29, 1.82) is 0 Å². The lowest BCUT2D eigenvalue weighted by atomic mass is 10.2. The van der Waals surface area contributed by atoms with Crippen LogP contribution < -0.4 is 16.6 Å². The van der Waals surface area contributed by atoms with Gasteiger partial charge in [0.25, 0.3) is 0 Å². The minimum atomic E-state index is -0.909. The highest BCUT2D eigenvalue weighted by Crippen LogP contribution is 2.29. The summed E-state index contributed by atoms with van der Waals surface area (Å²) in [4.78, 5) is 17.4. The fourth-order valence-electron chi connectivity index (χ4n) is 1.56. The van der Waals surface area contributed by atoms with Crippen molar-refractivity contribution >= 4 is 23.1 Å². The first-order chi connectivity index (χ1) is 9.93. The van der Waals surface area contributed by atoms with Crippen molar-refractivity contribution in [3.05, 3.63) is 45.6 Å². The maximum atomic E-state index is 13.9. The van der Waals surface area contributed by atoms with Gasteiger partial charge in [-0.25, -0.2) is 19.6 Å². The zero-order valence-electron chi connectivity index (χ0n) is 10.7. The first-order valence-electron chi connectivity index (χ1n) is 5.63. The van der Waals surface area contributed by atoms with Crippen LogP contribution in [-0.2, 0) is 0 Å². The molecule has 1 aromatic carbocycles. The van der Waals surface area contributed by atoms with Crippen LogP contribution in [0.2, 0.25) is 0 Å². The molecule has 0 atom stereocenters. The molecule has 0 saturated heterocycles. The van der Waals surface area contributed by atoms with Crippen LogP contribution in [0.4, 0.5) is 31.9 Å². The van der Waals surface area contributed by atoms with Gasteiger partial charge in [0, 0.05) is 0 Å². The number of hydrogen-bond acceptors (Lipinski definition) is 7. The highest BCUT2D eigenvalue weighted by molar-refractivity contribution is 5.67. The molecular formula is C11H10F2N6O2. The lowest BCUT2D eigenvalue weighted by molar-refractivity contribution is -0.384. The number of halogens is 2. The van der Waals surface area contributed by atoms with Gasteiger partial charge in [-0.15, -0.1) is 0 Å². The number of nitrogens with one attached hydrogen (secondary N) is 2. The molecule has 110 valence electrons. The minimum Gasteiger partial charge on any atom is -0.329 e. The average molecular weight is 296 g/mol. The van der Waals surface area contributed by atoms with Crippen molar-refractivity contribution in [2.45, 2.75) is 6.92 Å². The van der Waals surface area contributed by atoms with Gasteiger partial charge in [0.1, 0.15) is 17.7 Å². The van der Waals surface area contributed by atoms with Gasteiger partial charge in [-0.2, -0.15) is 4.98 Å². The summed E-state index contributed by atoms with van der Waals surface area (Å²) in [5, 5.41) is 13.2. The molecule has 1 heterocycles. The Morgan fingerprint density at radius 3 is 2.71 bits per heavy atom. The van der Waals surface area contributed by atoms with Crippen LogP contribution in [0.25, 0.3) is 0 Å². The lowest BCUT2D eigenvalue weighted by Gasteiger charge is -2.10. The second-order valence-electron chi connectivity index (χ2n) is 4.01. The van der Waals surface area contributed by atoms with Crippen LogP contribution in [0.1, 0.15) is 5.56 Å². The maximum Gasteiger partial charge on any atom is 0.329 e. The van der Waals surface area contributed by atoms with E-state index in [-0.39, 0.29) is 17.3 Å². The molecule has 0 aliphatic carbocycles. The molecule has 1 aromatic heterocycles. The molecular weight excluding hydrogens is 286 g/mol. The molecule has 21 heavy (non-hydrogen) atoms. The molecule has 0 bridgehead atoms. The number of nitrogens with two attached hydrogens (primary N) is 1. The summed E-state index contributed by atoms with van der Waals surface area (Å²) in [6, 6.07) is 2.28. The van der Waals surface area contributed by atoms with Gasteiger partial charge in [0.2, 0.25) is 11.8 Å². The van der Waals surface area contributed by atoms with Crippen molar-refractivity contribution < 1.29 is 13.7 Å². The first-order valence-corrected chi connectivity index (χ1v) is 5.63. The standard InChI is InChI=1S/C11H10F2N6O2/c1-5-2-3-6(12)9(8(5)13)16-10-7(19(20)21)4-15-11(17-10)18-14/h2-4H,14H2,1H3,(H2,15,16,17,18). The topological polar surface area (TPSA) is 119 Å². The Morgan fingerprint density at radius 2 is 2.10 bits per heavy atom. The number of aromatic nitrogens is 2. The van der Waals surface area contributed by atoms with Gasteiger partial charge < -0.3 is 5.32 Å². The summed E-state index contributed by atoms with van der Waals surface area (Å²) in [6.07, 6.45) is 0.871. The van der Waals surface area contributed by atoms with Crippen LogP contribution in [0.15, 0.2) is 18.3 Å². The first kappa shape index (κ1) is 14.5. The number of nitro groups is 1. The number of nitrogen functional groups attached to an aromatic ring is 1. The number of aryl methyl sites for hydroxylation is 1. The molecule has 0 radical (unpaired) electrons. The van der Waals surface area contributed by atoms with E-state index in [9.17, 15) is 18.9 Å². The smallest absolute Gasteiger partial charge is 0.329 e. The molecule has 0 spiro atoms. The number of anilines is 3. The fourth-order valence-corrected chi connectivity index (χ4v) is 1.56. The fraction of sp³-hybridized carbons (Fsp3) is 0.0909. The Labute approximate surface area is 117 Å². The summed E-state index contributed by atoms with van der Waals surface area (Å²) >= 11 is 0. The van der Waals surface area contributed by atoms with E-state index < -0.39 is 27.9 Å². The van der Waals surface area contributed by atoms with Crippen LogP contribution in [-0.4, -0.2) is 14.9 Å². The van der Waals surface area contributed by atoms with Crippen molar-refractivity contribution in [2.75, 3.05) is 10.7 Å². The second kappa shape index (κ2) is 5.63. The number of rotatable bonds is 4. The molecule has 4 N–H and O–H groups in total. The molecule has 0 saturated carbocycles. The summed E-state index contributed by atoms with van der Waals surface area (Å²) in [5.74, 6) is 2.80. The van der Waals surface area contributed by atoms with Crippen LogP contribution in [0.3, 0.4) is 0 Å². The van der Waals surface area contributed by atoms with Crippen LogP contribution in [0.5, 0.6) is 0 Å². The average Bonchev–Trinajstić information content (AvgIpc) is 2.47. The van der Waals surface area contributed by atoms with E-state index in [0.29, 0.717) is 0 Å². The van der Waals surface area contributed by atoms with Crippen molar-refractivity contribution in [3.63, 3.8) is 0 Å². The Morgan fingerprint density at radius 1 is 1.38 bits per heavy atom. The normalized spacial score (nSPS) is 10.3. The number of hydrazine groups is 1. The SMILES string of the molecule is Cc1ccc(F)c(Nc2nc(NN)ncc2[N+](=O)[O-])c1F. The van der Waals surface area contributed by atoms with Crippen LogP contribution in [0, 0.1) is 28.7 Å². The molecule has 10 heteroatoms. The molecule has 2 rings (SSSR count). The van der Waals surface area contributed by atoms with E-state index in [1.54, 1.807) is 0 Å². The third-order valence-corrected chi connectivity index (χ3v) is 2.62. The van der Waals surface area contributed by atoms with E-state index in [1.165, 1.54) is 13.0 Å². The summed E-state index contributed by atoms with van der Waals surface area (Å²) < 4.78 is 27.6. The van der Waals surface area contributed by atoms with Crippen molar-refractivity contribution in [3.8, 4) is 0 Å². The third kappa shape index (κ3) is 2.84. The Bertz CT molecular complexity index is 709. The van der Waals surface area contributed by atoms with Gasteiger partial charge in [0.15, 0.2) is 5.82 Å². The highest BCUT2D eigenvalue weighted by atomic mass is 19.1. The molecule has 0 aliphatic rings. The molecule has 8 nitrogen and oxygen atoms in total. The van der Waals surface area contributed by atoms with E-state index >= 15 is 0 Å².